The van der Waals surface area contributed by atoms with Crippen molar-refractivity contribution in [3.8, 4) is 11.5 Å². The molecule has 0 radical (unpaired) electrons. The lowest BCUT2D eigenvalue weighted by Gasteiger charge is -2.32. The van der Waals surface area contributed by atoms with E-state index in [1.54, 1.807) is 25.3 Å². The summed E-state index contributed by atoms with van der Waals surface area (Å²) in [5.74, 6) is 3.32. The van der Waals surface area contributed by atoms with E-state index in [-0.39, 0.29) is 18.2 Å². The standard InChI is InChI=1S/C19H25F2N5O2.ClH/c1-27-15-2-3-16(28-19(20)21)14(10-15)12-25-7-4-13(5-8-25)18-24-23-17-11-22-6-9-26(17)18;/h2-3,10,13,19,22H,4-9,11-12H2,1H3;1H. The highest BCUT2D eigenvalue weighted by Crippen LogP contribution is 2.31. The van der Waals surface area contributed by atoms with Gasteiger partial charge in [-0.3, -0.25) is 4.90 Å². The molecule has 4 rings (SSSR count). The summed E-state index contributed by atoms with van der Waals surface area (Å²) in [6, 6.07) is 4.95. The van der Waals surface area contributed by atoms with Gasteiger partial charge >= 0.3 is 6.61 Å². The average Bonchev–Trinajstić information content (AvgIpc) is 3.14. The first-order valence-electron chi connectivity index (χ1n) is 9.61. The zero-order valence-electron chi connectivity index (χ0n) is 16.3. The summed E-state index contributed by atoms with van der Waals surface area (Å²) in [5, 5.41) is 12.1. The lowest BCUT2D eigenvalue weighted by molar-refractivity contribution is -0.0508. The largest absolute Gasteiger partial charge is 0.497 e. The fourth-order valence-corrected chi connectivity index (χ4v) is 4.02. The van der Waals surface area contributed by atoms with Gasteiger partial charge < -0.3 is 19.4 Å². The Morgan fingerprint density at radius 2 is 2.00 bits per heavy atom. The zero-order valence-corrected chi connectivity index (χ0v) is 17.1. The van der Waals surface area contributed by atoms with E-state index in [1.165, 1.54) is 0 Å². The van der Waals surface area contributed by atoms with Gasteiger partial charge in [-0.15, -0.1) is 22.6 Å². The predicted molar refractivity (Wildman–Crippen MR) is 106 cm³/mol. The van der Waals surface area contributed by atoms with Crippen LogP contribution < -0.4 is 14.8 Å². The van der Waals surface area contributed by atoms with Gasteiger partial charge in [-0.05, 0) is 44.1 Å². The van der Waals surface area contributed by atoms with Crippen molar-refractivity contribution in [1.29, 1.82) is 0 Å². The molecule has 7 nitrogen and oxygen atoms in total. The number of aromatic nitrogens is 3. The molecule has 1 N–H and O–H groups in total. The number of methoxy groups -OCH3 is 1. The molecule has 0 spiro atoms. The molecule has 3 heterocycles. The molecular formula is C19H26ClF2N5O2. The van der Waals surface area contributed by atoms with Crippen LogP contribution in [0, 0.1) is 0 Å². The number of rotatable bonds is 6. The van der Waals surface area contributed by atoms with Gasteiger partial charge in [-0.1, -0.05) is 0 Å². The fraction of sp³-hybridized carbons (Fsp3) is 0.579. The maximum absolute atomic E-state index is 12.7. The minimum atomic E-state index is -2.84. The van der Waals surface area contributed by atoms with E-state index >= 15 is 0 Å². The topological polar surface area (TPSA) is 64.4 Å². The van der Waals surface area contributed by atoms with Crippen molar-refractivity contribution >= 4 is 12.4 Å². The maximum atomic E-state index is 12.7. The van der Waals surface area contributed by atoms with Crippen LogP contribution in [-0.4, -0.2) is 53.0 Å². The molecule has 0 atom stereocenters. The Morgan fingerprint density at radius 1 is 1.21 bits per heavy atom. The summed E-state index contributed by atoms with van der Waals surface area (Å²) in [6.07, 6.45) is 1.95. The van der Waals surface area contributed by atoms with E-state index in [9.17, 15) is 8.78 Å². The van der Waals surface area contributed by atoms with Crippen LogP contribution in [0.15, 0.2) is 18.2 Å². The molecule has 2 aromatic rings. The summed E-state index contributed by atoms with van der Waals surface area (Å²) < 4.78 is 37.6. The molecule has 0 saturated carbocycles. The first kappa shape index (κ1) is 21.7. The summed E-state index contributed by atoms with van der Waals surface area (Å²) in [5.41, 5.74) is 0.712. The third kappa shape index (κ3) is 4.96. The first-order chi connectivity index (χ1) is 13.6. The summed E-state index contributed by atoms with van der Waals surface area (Å²) in [7, 11) is 1.56. The minimum absolute atomic E-state index is 0. The Labute approximate surface area is 174 Å². The second-order valence-corrected chi connectivity index (χ2v) is 7.21. The van der Waals surface area contributed by atoms with E-state index in [2.05, 4.69) is 29.7 Å². The molecule has 1 fully saturated rings. The number of hydrogen-bond donors (Lipinski definition) is 1. The Morgan fingerprint density at radius 3 is 2.72 bits per heavy atom. The Bertz CT molecular complexity index is 812. The second-order valence-electron chi connectivity index (χ2n) is 7.21. The highest BCUT2D eigenvalue weighted by atomic mass is 35.5. The molecule has 29 heavy (non-hydrogen) atoms. The van der Waals surface area contributed by atoms with Gasteiger partial charge in [-0.2, -0.15) is 8.78 Å². The normalized spacial score (nSPS) is 17.7. The second kappa shape index (κ2) is 9.69. The lowest BCUT2D eigenvalue weighted by atomic mass is 9.95. The van der Waals surface area contributed by atoms with E-state index in [4.69, 9.17) is 4.74 Å². The SMILES string of the molecule is COc1ccc(OC(F)F)c(CN2CCC(c3nnc4n3CCNC4)CC2)c1.Cl. The van der Waals surface area contributed by atoms with Crippen LogP contribution in [0.4, 0.5) is 8.78 Å². The predicted octanol–water partition coefficient (Wildman–Crippen LogP) is 2.79. The minimum Gasteiger partial charge on any atom is -0.497 e. The van der Waals surface area contributed by atoms with E-state index in [0.717, 1.165) is 57.2 Å². The third-order valence-electron chi connectivity index (χ3n) is 5.48. The van der Waals surface area contributed by atoms with E-state index in [1.807, 2.05) is 0 Å². The number of likely N-dealkylation sites (tertiary alicyclic amines) is 1. The van der Waals surface area contributed by atoms with Gasteiger partial charge in [0.25, 0.3) is 0 Å². The lowest BCUT2D eigenvalue weighted by Crippen LogP contribution is -2.34. The Kier molecular flexibility index (Phi) is 7.26. The monoisotopic (exact) mass is 429 g/mol. The van der Waals surface area contributed by atoms with Crippen LogP contribution in [0.3, 0.4) is 0 Å². The summed E-state index contributed by atoms with van der Waals surface area (Å²) in [4.78, 5) is 2.26. The quantitative estimate of drug-likeness (QED) is 0.761. The number of nitrogens with one attached hydrogen (secondary N) is 1. The zero-order chi connectivity index (χ0) is 19.5. The van der Waals surface area contributed by atoms with Gasteiger partial charge in [-0.25, -0.2) is 0 Å². The molecule has 0 bridgehead atoms. The number of alkyl halides is 2. The number of piperidine rings is 1. The Hall–Kier alpha value is -1.97. The molecule has 0 unspecified atom stereocenters. The Balaban J connectivity index is 0.00000240. The molecule has 10 heteroatoms. The molecule has 0 aliphatic carbocycles. The van der Waals surface area contributed by atoms with Crippen LogP contribution in [0.1, 0.15) is 36.0 Å². The van der Waals surface area contributed by atoms with Crippen molar-refractivity contribution in [3.05, 3.63) is 35.4 Å². The number of fused-ring (bicyclic) bond motifs is 1. The van der Waals surface area contributed by atoms with Crippen molar-refractivity contribution in [2.24, 2.45) is 0 Å². The third-order valence-corrected chi connectivity index (χ3v) is 5.48. The highest BCUT2D eigenvalue weighted by Gasteiger charge is 2.27. The van der Waals surface area contributed by atoms with Gasteiger partial charge in [0.15, 0.2) is 0 Å². The molecule has 2 aliphatic rings. The van der Waals surface area contributed by atoms with Crippen LogP contribution in [0.5, 0.6) is 11.5 Å². The van der Waals surface area contributed by atoms with Crippen molar-refractivity contribution in [1.82, 2.24) is 25.0 Å². The van der Waals surface area contributed by atoms with E-state index < -0.39 is 6.61 Å². The summed E-state index contributed by atoms with van der Waals surface area (Å²) >= 11 is 0. The van der Waals surface area contributed by atoms with Gasteiger partial charge in [0.2, 0.25) is 0 Å². The van der Waals surface area contributed by atoms with Gasteiger partial charge in [0.05, 0.1) is 13.7 Å². The first-order valence-corrected chi connectivity index (χ1v) is 9.61. The maximum Gasteiger partial charge on any atom is 0.387 e. The fourth-order valence-electron chi connectivity index (χ4n) is 4.02. The number of nitrogens with zero attached hydrogens (tertiary/aromatic N) is 4. The molecule has 1 aromatic carbocycles. The van der Waals surface area contributed by atoms with Crippen LogP contribution >= 0.6 is 12.4 Å². The number of halogens is 3. The van der Waals surface area contributed by atoms with Crippen molar-refractivity contribution in [2.45, 2.75) is 45.0 Å². The van der Waals surface area contributed by atoms with E-state index in [0.29, 0.717) is 23.8 Å². The molecule has 1 saturated heterocycles. The summed E-state index contributed by atoms with van der Waals surface area (Å²) in [6.45, 7) is 2.08. The average molecular weight is 430 g/mol. The van der Waals surface area contributed by atoms with Crippen molar-refractivity contribution < 1.29 is 18.3 Å². The highest BCUT2D eigenvalue weighted by molar-refractivity contribution is 5.85. The van der Waals surface area contributed by atoms with Gasteiger partial charge in [0, 0.05) is 31.1 Å². The smallest absolute Gasteiger partial charge is 0.387 e. The van der Waals surface area contributed by atoms with Crippen LogP contribution in [-0.2, 0) is 19.6 Å². The molecule has 2 aliphatic heterocycles. The molecule has 1 aromatic heterocycles. The number of ether oxygens (including phenoxy) is 2. The number of benzene rings is 1. The van der Waals surface area contributed by atoms with Crippen LogP contribution in [0.25, 0.3) is 0 Å². The molecular weight excluding hydrogens is 404 g/mol. The van der Waals surface area contributed by atoms with Crippen molar-refractivity contribution in [2.75, 3.05) is 26.7 Å². The van der Waals surface area contributed by atoms with Gasteiger partial charge in [0.1, 0.15) is 23.1 Å². The van der Waals surface area contributed by atoms with Crippen LogP contribution in [0.2, 0.25) is 0 Å². The van der Waals surface area contributed by atoms with Crippen molar-refractivity contribution in [3.63, 3.8) is 0 Å². The number of hydrogen-bond acceptors (Lipinski definition) is 6. The molecule has 0 amide bonds. The molecule has 160 valence electrons.